The lowest BCUT2D eigenvalue weighted by Crippen LogP contribution is -2.48. The van der Waals surface area contributed by atoms with Gasteiger partial charge in [-0.1, -0.05) is 67.2 Å². The van der Waals surface area contributed by atoms with Crippen LogP contribution in [-0.4, -0.2) is 52.0 Å². The molecule has 2 fully saturated rings. The van der Waals surface area contributed by atoms with E-state index in [1.165, 1.54) is 25.7 Å². The van der Waals surface area contributed by atoms with Crippen molar-refractivity contribution in [1.82, 2.24) is 19.9 Å². The molecule has 31 heavy (non-hydrogen) atoms. The van der Waals surface area contributed by atoms with Gasteiger partial charge in [-0.25, -0.2) is 0 Å². The predicted octanol–water partition coefficient (Wildman–Crippen LogP) is 4.50. The number of hydrogen-bond donors (Lipinski definition) is 0. The maximum absolute atomic E-state index is 12.6. The van der Waals surface area contributed by atoms with Crippen LogP contribution in [0, 0.1) is 5.92 Å². The Kier molecular flexibility index (Phi) is 5.98. The fourth-order valence-corrected chi connectivity index (χ4v) is 4.98. The molecular formula is C25H30N4O2. The van der Waals surface area contributed by atoms with Crippen molar-refractivity contribution >= 4 is 16.7 Å². The largest absolute Gasteiger partial charge is 0.340 e. The molecule has 1 aromatic heterocycles. The first-order valence-corrected chi connectivity index (χ1v) is 11.6. The van der Waals surface area contributed by atoms with Crippen molar-refractivity contribution < 1.29 is 9.32 Å². The second-order valence-corrected chi connectivity index (χ2v) is 8.89. The van der Waals surface area contributed by atoms with Gasteiger partial charge in [0.15, 0.2) is 5.82 Å². The normalized spacial score (nSPS) is 18.1. The van der Waals surface area contributed by atoms with Gasteiger partial charge < -0.3 is 9.42 Å². The highest BCUT2D eigenvalue weighted by Crippen LogP contribution is 2.29. The first kappa shape index (κ1) is 20.2. The van der Waals surface area contributed by atoms with E-state index in [9.17, 15) is 4.79 Å². The van der Waals surface area contributed by atoms with E-state index in [2.05, 4.69) is 33.2 Å². The topological polar surface area (TPSA) is 62.5 Å². The monoisotopic (exact) mass is 418 g/mol. The number of fused-ring (bicyclic) bond motifs is 1. The zero-order chi connectivity index (χ0) is 21.0. The van der Waals surface area contributed by atoms with Crippen molar-refractivity contribution in [3.8, 4) is 11.5 Å². The van der Waals surface area contributed by atoms with Crippen LogP contribution in [0.4, 0.5) is 0 Å². The summed E-state index contributed by atoms with van der Waals surface area (Å²) in [6, 6.07) is 14.4. The molecule has 1 aliphatic carbocycles. The lowest BCUT2D eigenvalue weighted by Gasteiger charge is -2.34. The number of rotatable bonds is 6. The number of carbonyl (C=O) groups excluding carboxylic acids is 1. The minimum Gasteiger partial charge on any atom is -0.340 e. The average Bonchev–Trinajstić information content (AvgIpc) is 3.50. The third-order valence-corrected chi connectivity index (χ3v) is 6.82. The third kappa shape index (κ3) is 4.64. The number of piperazine rings is 1. The predicted molar refractivity (Wildman–Crippen MR) is 120 cm³/mol. The van der Waals surface area contributed by atoms with Crippen molar-refractivity contribution in [2.24, 2.45) is 5.92 Å². The van der Waals surface area contributed by atoms with Gasteiger partial charge in [0.05, 0.1) is 6.54 Å². The molecule has 2 aromatic carbocycles. The highest BCUT2D eigenvalue weighted by molar-refractivity contribution is 5.94. The Morgan fingerprint density at radius 3 is 2.61 bits per heavy atom. The van der Waals surface area contributed by atoms with Crippen LogP contribution in [0.15, 0.2) is 47.0 Å². The second-order valence-electron chi connectivity index (χ2n) is 8.89. The quantitative estimate of drug-likeness (QED) is 0.590. The minimum absolute atomic E-state index is 0.323. The molecule has 1 aliphatic heterocycles. The maximum Gasteiger partial charge on any atom is 0.258 e. The van der Waals surface area contributed by atoms with E-state index in [1.54, 1.807) is 0 Å². The Bertz CT molecular complexity index is 1030. The number of nitrogens with zero attached hydrogens (tertiary/aromatic N) is 4. The zero-order valence-corrected chi connectivity index (χ0v) is 18.0. The molecule has 6 nitrogen and oxygen atoms in total. The molecule has 2 heterocycles. The van der Waals surface area contributed by atoms with E-state index in [1.807, 2.05) is 29.2 Å². The van der Waals surface area contributed by atoms with Crippen LogP contribution in [0.5, 0.6) is 0 Å². The highest BCUT2D eigenvalue weighted by atomic mass is 16.5. The molecular weight excluding hydrogens is 388 g/mol. The van der Waals surface area contributed by atoms with Crippen molar-refractivity contribution in [2.75, 3.05) is 26.2 Å². The molecule has 0 spiro atoms. The van der Waals surface area contributed by atoms with Gasteiger partial charge in [0.2, 0.25) is 5.91 Å². The van der Waals surface area contributed by atoms with Crippen LogP contribution in [0.25, 0.3) is 22.2 Å². The van der Waals surface area contributed by atoms with E-state index in [4.69, 9.17) is 4.52 Å². The SMILES string of the molecule is O=C(CCC1CCCC1)N1CCN(Cc2noc(-c3cccc4ccccc34)n2)CC1. The first-order chi connectivity index (χ1) is 15.3. The van der Waals surface area contributed by atoms with E-state index in [0.29, 0.717) is 30.6 Å². The Hall–Kier alpha value is -2.73. The highest BCUT2D eigenvalue weighted by Gasteiger charge is 2.24. The van der Waals surface area contributed by atoms with Gasteiger partial charge in [0.1, 0.15) is 0 Å². The molecule has 1 saturated carbocycles. The molecule has 0 atom stereocenters. The minimum atomic E-state index is 0.323. The standard InChI is InChI=1S/C25H30N4O2/c30-24(13-12-19-6-1-2-7-19)29-16-14-28(15-17-29)18-23-26-25(31-27-23)22-11-5-9-20-8-3-4-10-21(20)22/h3-5,8-11,19H,1-2,6-7,12-18H2. The first-order valence-electron chi connectivity index (χ1n) is 11.6. The van der Waals surface area contributed by atoms with Gasteiger partial charge in [-0.2, -0.15) is 4.98 Å². The average molecular weight is 419 g/mol. The molecule has 1 saturated heterocycles. The molecule has 162 valence electrons. The van der Waals surface area contributed by atoms with Gasteiger partial charge >= 0.3 is 0 Å². The zero-order valence-electron chi connectivity index (χ0n) is 18.0. The third-order valence-electron chi connectivity index (χ3n) is 6.82. The van der Waals surface area contributed by atoms with Crippen LogP contribution in [0.2, 0.25) is 0 Å². The lowest BCUT2D eigenvalue weighted by molar-refractivity contribution is -0.133. The second kappa shape index (κ2) is 9.18. The summed E-state index contributed by atoms with van der Waals surface area (Å²) in [4.78, 5) is 21.5. The van der Waals surface area contributed by atoms with Gasteiger partial charge in [0, 0.05) is 38.2 Å². The Morgan fingerprint density at radius 2 is 1.77 bits per heavy atom. The van der Waals surface area contributed by atoms with E-state index in [-0.39, 0.29) is 0 Å². The summed E-state index contributed by atoms with van der Waals surface area (Å²) in [6.45, 7) is 3.94. The van der Waals surface area contributed by atoms with Crippen LogP contribution >= 0.6 is 0 Å². The van der Waals surface area contributed by atoms with Gasteiger partial charge in [-0.3, -0.25) is 9.69 Å². The van der Waals surface area contributed by atoms with Crippen LogP contribution in [0.1, 0.15) is 44.3 Å². The molecule has 5 rings (SSSR count). The summed E-state index contributed by atoms with van der Waals surface area (Å²) in [5, 5.41) is 6.49. The maximum atomic E-state index is 12.6. The molecule has 6 heteroatoms. The lowest BCUT2D eigenvalue weighted by atomic mass is 10.0. The molecule has 2 aliphatic rings. The molecule has 0 bridgehead atoms. The summed E-state index contributed by atoms with van der Waals surface area (Å²) in [6.07, 6.45) is 7.09. The van der Waals surface area contributed by atoms with Crippen LogP contribution in [-0.2, 0) is 11.3 Å². The fraction of sp³-hybridized carbons (Fsp3) is 0.480. The van der Waals surface area contributed by atoms with Crippen molar-refractivity contribution in [3.63, 3.8) is 0 Å². The van der Waals surface area contributed by atoms with E-state index in [0.717, 1.165) is 54.9 Å². The van der Waals surface area contributed by atoms with Crippen LogP contribution in [0.3, 0.4) is 0 Å². The van der Waals surface area contributed by atoms with Crippen molar-refractivity contribution in [1.29, 1.82) is 0 Å². The van der Waals surface area contributed by atoms with Gasteiger partial charge in [0.25, 0.3) is 5.89 Å². The van der Waals surface area contributed by atoms with Gasteiger partial charge in [-0.15, -0.1) is 0 Å². The summed E-state index contributed by atoms with van der Waals surface area (Å²) in [5.74, 6) is 2.36. The molecule has 1 amide bonds. The van der Waals surface area contributed by atoms with Crippen molar-refractivity contribution in [3.05, 3.63) is 48.3 Å². The fourth-order valence-electron chi connectivity index (χ4n) is 4.98. The summed E-state index contributed by atoms with van der Waals surface area (Å²) >= 11 is 0. The number of hydrogen-bond acceptors (Lipinski definition) is 5. The van der Waals surface area contributed by atoms with E-state index < -0.39 is 0 Å². The van der Waals surface area contributed by atoms with Crippen molar-refractivity contribution in [2.45, 2.75) is 45.1 Å². The number of aromatic nitrogens is 2. The Morgan fingerprint density at radius 1 is 1.00 bits per heavy atom. The molecule has 0 radical (unpaired) electrons. The molecule has 0 N–H and O–H groups in total. The number of benzene rings is 2. The number of amides is 1. The summed E-state index contributed by atoms with van der Waals surface area (Å²) in [5.41, 5.74) is 0.967. The smallest absolute Gasteiger partial charge is 0.258 e. The molecule has 3 aromatic rings. The van der Waals surface area contributed by atoms with Gasteiger partial charge in [-0.05, 0) is 29.2 Å². The summed E-state index contributed by atoms with van der Waals surface area (Å²) in [7, 11) is 0. The van der Waals surface area contributed by atoms with E-state index >= 15 is 0 Å². The van der Waals surface area contributed by atoms with Crippen LogP contribution < -0.4 is 0 Å². The Balaban J connectivity index is 1.15. The Labute approximate surface area is 183 Å². The summed E-state index contributed by atoms with van der Waals surface area (Å²) < 4.78 is 5.59. The molecule has 0 unspecified atom stereocenters. The number of carbonyl (C=O) groups is 1.